The van der Waals surface area contributed by atoms with E-state index in [1.165, 1.54) is 0 Å². The van der Waals surface area contributed by atoms with Crippen LogP contribution >= 0.6 is 0 Å². The van der Waals surface area contributed by atoms with Crippen molar-refractivity contribution in [2.75, 3.05) is 0 Å². The van der Waals surface area contributed by atoms with Crippen molar-refractivity contribution in [1.29, 1.82) is 0 Å². The molecule has 2 bridgehead atoms. The lowest BCUT2D eigenvalue weighted by molar-refractivity contribution is -0.158. The van der Waals surface area contributed by atoms with Gasteiger partial charge in [0.05, 0.1) is 17.8 Å². The molecule has 2 heterocycles. The summed E-state index contributed by atoms with van der Waals surface area (Å²) in [6.07, 6.45) is 3.41. The first-order chi connectivity index (χ1) is 8.31. The Morgan fingerprint density at radius 2 is 2.17 bits per heavy atom. The minimum atomic E-state index is -0.838. The number of fused-ring (bicyclic) bond motifs is 2. The molecule has 2 aliphatic rings. The van der Waals surface area contributed by atoms with E-state index in [9.17, 15) is 9.90 Å². The summed E-state index contributed by atoms with van der Waals surface area (Å²) in [5.74, 6) is 0.0727. The Balaban J connectivity index is 2.43. The molecule has 2 aliphatic heterocycles. The molecule has 1 fully saturated rings. The molecule has 3 heteroatoms. The molecule has 0 spiro atoms. The highest BCUT2D eigenvalue weighted by Crippen LogP contribution is 2.37. The van der Waals surface area contributed by atoms with Crippen LogP contribution in [0.4, 0.5) is 0 Å². The summed E-state index contributed by atoms with van der Waals surface area (Å²) >= 11 is 0. The van der Waals surface area contributed by atoms with E-state index >= 15 is 0 Å². The van der Waals surface area contributed by atoms with Gasteiger partial charge in [-0.15, -0.1) is 0 Å². The Morgan fingerprint density at radius 1 is 1.50 bits per heavy atom. The standard InChI is InChI=1S/C15H22O3/c1-9(2)11-8-14-15(4,17)6-5-13(18-14)10(3)7-12(11)16/h7,13-14,17H,5-6,8H2,1-4H3/b10-7+/t13-,14+,15+/m1/s1. The molecular formula is C15H22O3. The average Bonchev–Trinajstić information content (AvgIpc) is 2.24. The van der Waals surface area contributed by atoms with Gasteiger partial charge in [-0.1, -0.05) is 5.57 Å². The van der Waals surface area contributed by atoms with Gasteiger partial charge < -0.3 is 9.84 Å². The first-order valence-corrected chi connectivity index (χ1v) is 6.58. The zero-order valence-electron chi connectivity index (χ0n) is 11.6. The fraction of sp³-hybridized carbons (Fsp3) is 0.667. The van der Waals surface area contributed by atoms with Crippen LogP contribution in [0.3, 0.4) is 0 Å². The van der Waals surface area contributed by atoms with Gasteiger partial charge in [0, 0.05) is 12.0 Å². The van der Waals surface area contributed by atoms with Crippen molar-refractivity contribution >= 4 is 5.78 Å². The van der Waals surface area contributed by atoms with Gasteiger partial charge >= 0.3 is 0 Å². The molecule has 0 radical (unpaired) electrons. The molecule has 0 aromatic heterocycles. The van der Waals surface area contributed by atoms with Crippen molar-refractivity contribution in [3.05, 3.63) is 22.8 Å². The van der Waals surface area contributed by atoms with Crippen LogP contribution in [0.2, 0.25) is 0 Å². The Labute approximate surface area is 109 Å². The maximum atomic E-state index is 12.2. The molecule has 3 atom stereocenters. The Hall–Kier alpha value is -0.930. The van der Waals surface area contributed by atoms with Gasteiger partial charge in [0.15, 0.2) is 5.78 Å². The third-order valence-corrected chi connectivity index (χ3v) is 4.09. The summed E-state index contributed by atoms with van der Waals surface area (Å²) < 4.78 is 5.98. The average molecular weight is 250 g/mol. The first-order valence-electron chi connectivity index (χ1n) is 6.58. The van der Waals surface area contributed by atoms with Crippen LogP contribution in [-0.4, -0.2) is 28.7 Å². The first kappa shape index (κ1) is 13.5. The molecule has 1 N–H and O–H groups in total. The van der Waals surface area contributed by atoms with E-state index in [0.29, 0.717) is 6.42 Å². The van der Waals surface area contributed by atoms with Crippen molar-refractivity contribution in [2.45, 2.75) is 64.8 Å². The number of ketones is 1. The highest BCUT2D eigenvalue weighted by Gasteiger charge is 2.41. The molecule has 3 nitrogen and oxygen atoms in total. The molecule has 0 saturated carbocycles. The molecule has 0 aliphatic carbocycles. The fourth-order valence-electron chi connectivity index (χ4n) is 2.72. The number of carbonyl (C=O) groups excluding carboxylic acids is 1. The molecule has 1 saturated heterocycles. The monoisotopic (exact) mass is 250 g/mol. The van der Waals surface area contributed by atoms with Crippen LogP contribution in [0.15, 0.2) is 22.8 Å². The van der Waals surface area contributed by atoms with Crippen LogP contribution in [0.25, 0.3) is 0 Å². The zero-order chi connectivity index (χ0) is 13.5. The Bertz CT molecular complexity index is 425. The van der Waals surface area contributed by atoms with Crippen LogP contribution in [0.1, 0.15) is 47.0 Å². The zero-order valence-corrected chi connectivity index (χ0v) is 11.6. The second kappa shape index (κ2) is 4.63. The summed E-state index contributed by atoms with van der Waals surface area (Å²) in [6.45, 7) is 7.62. The number of aliphatic hydroxyl groups is 1. The van der Waals surface area contributed by atoms with Crippen LogP contribution in [0, 0.1) is 0 Å². The molecule has 0 unspecified atom stereocenters. The van der Waals surface area contributed by atoms with E-state index in [1.807, 2.05) is 27.7 Å². The van der Waals surface area contributed by atoms with Gasteiger partial charge in [0.1, 0.15) is 0 Å². The molecule has 2 rings (SSSR count). The third kappa shape index (κ3) is 2.43. The summed E-state index contributed by atoms with van der Waals surface area (Å²) in [6, 6.07) is 0. The predicted octanol–water partition coefficient (Wildman–Crippen LogP) is 2.54. The smallest absolute Gasteiger partial charge is 0.181 e. The lowest BCUT2D eigenvalue weighted by Crippen LogP contribution is -2.49. The summed E-state index contributed by atoms with van der Waals surface area (Å²) in [4.78, 5) is 12.2. The van der Waals surface area contributed by atoms with Gasteiger partial charge in [-0.25, -0.2) is 0 Å². The van der Waals surface area contributed by atoms with Crippen LogP contribution < -0.4 is 0 Å². The Kier molecular flexibility index (Phi) is 3.47. The number of allylic oxidation sites excluding steroid dienone is 2. The lowest BCUT2D eigenvalue weighted by atomic mass is 9.80. The van der Waals surface area contributed by atoms with Crippen molar-refractivity contribution in [3.8, 4) is 0 Å². The minimum absolute atomic E-state index is 0.0158. The SMILES string of the molecule is CC(C)=C1C[C@@H]2O[C@H](CC[C@]2(C)O)/C(C)=C/C1=O. The second-order valence-corrected chi connectivity index (χ2v) is 5.94. The lowest BCUT2D eigenvalue weighted by Gasteiger charge is -2.42. The topological polar surface area (TPSA) is 46.5 Å². The maximum absolute atomic E-state index is 12.2. The maximum Gasteiger partial charge on any atom is 0.181 e. The molecular weight excluding hydrogens is 228 g/mol. The second-order valence-electron chi connectivity index (χ2n) is 5.94. The van der Waals surface area contributed by atoms with Gasteiger partial charge in [0.25, 0.3) is 0 Å². The molecule has 18 heavy (non-hydrogen) atoms. The normalized spacial score (nSPS) is 39.7. The van der Waals surface area contributed by atoms with E-state index in [0.717, 1.165) is 29.6 Å². The van der Waals surface area contributed by atoms with E-state index in [-0.39, 0.29) is 18.0 Å². The van der Waals surface area contributed by atoms with Gasteiger partial charge in [0.2, 0.25) is 0 Å². The quantitative estimate of drug-likeness (QED) is 0.672. The highest BCUT2D eigenvalue weighted by molar-refractivity contribution is 6.05. The van der Waals surface area contributed by atoms with Crippen LogP contribution in [-0.2, 0) is 9.53 Å². The number of carbonyl (C=O) groups is 1. The third-order valence-electron chi connectivity index (χ3n) is 4.09. The predicted molar refractivity (Wildman–Crippen MR) is 70.3 cm³/mol. The van der Waals surface area contributed by atoms with Crippen LogP contribution in [0.5, 0.6) is 0 Å². The number of hydrogen-bond acceptors (Lipinski definition) is 3. The van der Waals surface area contributed by atoms with E-state index < -0.39 is 5.60 Å². The van der Waals surface area contributed by atoms with Crippen molar-refractivity contribution < 1.29 is 14.6 Å². The van der Waals surface area contributed by atoms with E-state index in [2.05, 4.69) is 0 Å². The molecule has 100 valence electrons. The largest absolute Gasteiger partial charge is 0.387 e. The highest BCUT2D eigenvalue weighted by atomic mass is 16.5. The summed E-state index contributed by atoms with van der Waals surface area (Å²) in [5.41, 5.74) is 1.92. The molecule has 0 amide bonds. The number of hydrogen-bond donors (Lipinski definition) is 1. The van der Waals surface area contributed by atoms with E-state index in [4.69, 9.17) is 4.74 Å². The van der Waals surface area contributed by atoms with Crippen molar-refractivity contribution in [2.24, 2.45) is 0 Å². The van der Waals surface area contributed by atoms with Crippen molar-refractivity contribution in [3.63, 3.8) is 0 Å². The van der Waals surface area contributed by atoms with E-state index in [1.54, 1.807) is 6.08 Å². The fourth-order valence-corrected chi connectivity index (χ4v) is 2.72. The van der Waals surface area contributed by atoms with Gasteiger partial charge in [-0.3, -0.25) is 4.79 Å². The van der Waals surface area contributed by atoms with Gasteiger partial charge in [-0.2, -0.15) is 0 Å². The van der Waals surface area contributed by atoms with Gasteiger partial charge in [-0.05, 0) is 52.2 Å². The summed E-state index contributed by atoms with van der Waals surface area (Å²) in [5, 5.41) is 10.4. The summed E-state index contributed by atoms with van der Waals surface area (Å²) in [7, 11) is 0. The van der Waals surface area contributed by atoms with Crippen molar-refractivity contribution in [1.82, 2.24) is 0 Å². The molecule has 0 aromatic carbocycles. The Morgan fingerprint density at radius 3 is 2.78 bits per heavy atom. The number of ether oxygens (including phenoxy) is 1. The minimum Gasteiger partial charge on any atom is -0.387 e. The molecule has 0 aromatic rings. The number of rotatable bonds is 0.